The predicted molar refractivity (Wildman–Crippen MR) is 134 cm³/mol. The highest BCUT2D eigenvalue weighted by molar-refractivity contribution is 6.24. The van der Waals surface area contributed by atoms with E-state index in [-0.39, 0.29) is 19.1 Å². The van der Waals surface area contributed by atoms with Crippen molar-refractivity contribution in [2.45, 2.75) is 24.9 Å². The number of benzene rings is 3. The minimum Gasteiger partial charge on any atom is -0.468 e. The van der Waals surface area contributed by atoms with Crippen LogP contribution in [-0.2, 0) is 25.5 Å². The van der Waals surface area contributed by atoms with E-state index in [9.17, 15) is 14.4 Å². The van der Waals surface area contributed by atoms with Gasteiger partial charge in [0, 0.05) is 18.5 Å². The van der Waals surface area contributed by atoms with Crippen LogP contribution in [0.4, 0.5) is 5.69 Å². The molecule has 0 radical (unpaired) electrons. The summed E-state index contributed by atoms with van der Waals surface area (Å²) in [6.45, 7) is 2.03. The molecule has 6 rings (SSSR count). The number of carbonyl (C=O) groups excluding carboxylic acids is 3. The Morgan fingerprint density at radius 1 is 1.00 bits per heavy atom. The average Bonchev–Trinajstić information content (AvgIpc) is 3.58. The van der Waals surface area contributed by atoms with E-state index in [1.807, 2.05) is 61.5 Å². The molecule has 0 saturated carbocycles. The van der Waals surface area contributed by atoms with Gasteiger partial charge in [0.1, 0.15) is 5.54 Å². The second kappa shape index (κ2) is 8.74. The van der Waals surface area contributed by atoms with E-state index in [1.54, 1.807) is 18.2 Å². The molecular weight excluding hydrogens is 472 g/mol. The van der Waals surface area contributed by atoms with Gasteiger partial charge >= 0.3 is 5.97 Å². The van der Waals surface area contributed by atoms with Crippen molar-refractivity contribution in [1.29, 1.82) is 0 Å². The quantitative estimate of drug-likeness (QED) is 0.426. The Bertz CT molecular complexity index is 1410. The zero-order chi connectivity index (χ0) is 25.7. The number of aryl methyl sites for hydroxylation is 1. The molecule has 0 aliphatic carbocycles. The Labute approximate surface area is 214 Å². The number of carbonyl (C=O) groups is 3. The Kier molecular flexibility index (Phi) is 5.49. The van der Waals surface area contributed by atoms with Crippen molar-refractivity contribution in [3.8, 4) is 11.5 Å². The van der Waals surface area contributed by atoms with Crippen molar-refractivity contribution in [2.75, 3.05) is 18.8 Å². The summed E-state index contributed by atoms with van der Waals surface area (Å²) in [5, 5.41) is 3.45. The number of hydrogen-bond acceptors (Lipinski definition) is 7. The maximum absolute atomic E-state index is 14.2. The van der Waals surface area contributed by atoms with Gasteiger partial charge in [-0.05, 0) is 35.7 Å². The summed E-state index contributed by atoms with van der Waals surface area (Å²) >= 11 is 0. The second-order valence-electron chi connectivity index (χ2n) is 9.66. The number of amides is 2. The maximum atomic E-state index is 14.2. The number of ether oxygens (including phenoxy) is 3. The number of esters is 1. The molecule has 188 valence electrons. The highest BCUT2D eigenvalue weighted by Crippen LogP contribution is 2.52. The second-order valence-corrected chi connectivity index (χ2v) is 9.66. The topological polar surface area (TPSA) is 94.2 Å². The Hall–Kier alpha value is -4.17. The van der Waals surface area contributed by atoms with Crippen LogP contribution in [0, 0.1) is 18.8 Å². The Balaban J connectivity index is 1.51. The molecule has 2 amide bonds. The number of methoxy groups -OCH3 is 1. The van der Waals surface area contributed by atoms with Crippen LogP contribution in [-0.4, -0.2) is 37.2 Å². The number of hydrogen-bond donors (Lipinski definition) is 1. The number of rotatable bonds is 5. The van der Waals surface area contributed by atoms with Crippen LogP contribution in [0.2, 0.25) is 0 Å². The maximum Gasteiger partial charge on any atom is 0.327 e. The van der Waals surface area contributed by atoms with Crippen molar-refractivity contribution in [3.05, 3.63) is 89.5 Å². The molecule has 3 heterocycles. The number of imide groups is 1. The number of fused-ring (bicyclic) bond motifs is 2. The van der Waals surface area contributed by atoms with Gasteiger partial charge in [0.2, 0.25) is 18.6 Å². The summed E-state index contributed by atoms with van der Waals surface area (Å²) in [5.74, 6) is -2.14. The minimum atomic E-state index is -1.44. The van der Waals surface area contributed by atoms with Gasteiger partial charge in [-0.1, -0.05) is 54.6 Å². The highest BCUT2D eigenvalue weighted by Gasteiger charge is 2.69. The molecule has 3 aromatic rings. The van der Waals surface area contributed by atoms with Crippen LogP contribution in [0.15, 0.2) is 72.8 Å². The third-order valence-corrected chi connectivity index (χ3v) is 7.67. The Morgan fingerprint density at radius 2 is 1.73 bits per heavy atom. The largest absolute Gasteiger partial charge is 0.468 e. The van der Waals surface area contributed by atoms with Gasteiger partial charge in [0.25, 0.3) is 0 Å². The molecule has 4 atom stereocenters. The fourth-order valence-corrected chi connectivity index (χ4v) is 6.01. The van der Waals surface area contributed by atoms with E-state index in [0.29, 0.717) is 17.2 Å². The van der Waals surface area contributed by atoms with E-state index in [2.05, 4.69) is 5.32 Å². The van der Waals surface area contributed by atoms with Crippen LogP contribution < -0.4 is 19.7 Å². The van der Waals surface area contributed by atoms with Crippen molar-refractivity contribution < 1.29 is 28.6 Å². The fraction of sp³-hybridized carbons (Fsp3) is 0.276. The van der Waals surface area contributed by atoms with E-state index in [4.69, 9.17) is 14.2 Å². The van der Waals surface area contributed by atoms with Crippen LogP contribution in [0.5, 0.6) is 11.5 Å². The van der Waals surface area contributed by atoms with Crippen molar-refractivity contribution >= 4 is 23.5 Å². The molecule has 0 aromatic heterocycles. The smallest absolute Gasteiger partial charge is 0.327 e. The standard InChI is InChI=1S/C29H26N2O6/c1-17-8-6-7-11-20(17)25-23-24(29(30-25,28(34)35-2)15-18-9-4-3-5-10-18)27(33)31(26(23)32)19-12-13-21-22(14-19)37-16-36-21/h3-14,23-25,30H,15-16H2,1-2H3/t23-,24+,25-,29+/m1/s1. The van der Waals surface area contributed by atoms with Gasteiger partial charge in [0.15, 0.2) is 11.5 Å². The third kappa shape index (κ3) is 3.51. The van der Waals surface area contributed by atoms with Crippen molar-refractivity contribution in [3.63, 3.8) is 0 Å². The summed E-state index contributed by atoms with van der Waals surface area (Å²) in [7, 11) is 1.31. The number of nitrogens with zero attached hydrogens (tertiary/aromatic N) is 1. The SMILES string of the molecule is COC(=O)[C@@]1(Cc2ccccc2)N[C@H](c2ccccc2C)[C@@H]2C(=O)N(c3ccc4c(c3)OCO4)C(=O)[C@H]21. The summed E-state index contributed by atoms with van der Waals surface area (Å²) in [4.78, 5) is 43.0. The van der Waals surface area contributed by atoms with Gasteiger partial charge in [-0.2, -0.15) is 0 Å². The lowest BCUT2D eigenvalue weighted by molar-refractivity contribution is -0.152. The first-order valence-electron chi connectivity index (χ1n) is 12.2. The number of anilines is 1. The summed E-state index contributed by atoms with van der Waals surface area (Å²) < 4.78 is 16.2. The first kappa shape index (κ1) is 23.2. The van der Waals surface area contributed by atoms with Gasteiger partial charge in [-0.25, -0.2) is 4.90 Å². The summed E-state index contributed by atoms with van der Waals surface area (Å²) in [6.07, 6.45) is 0.193. The average molecular weight is 499 g/mol. The highest BCUT2D eigenvalue weighted by atomic mass is 16.7. The molecule has 1 N–H and O–H groups in total. The van der Waals surface area contributed by atoms with Crippen LogP contribution in [0.3, 0.4) is 0 Å². The zero-order valence-electron chi connectivity index (χ0n) is 20.5. The monoisotopic (exact) mass is 498 g/mol. The molecule has 8 heteroatoms. The normalized spacial score (nSPS) is 25.9. The lowest BCUT2D eigenvalue weighted by Crippen LogP contribution is -2.57. The van der Waals surface area contributed by atoms with Crippen LogP contribution in [0.1, 0.15) is 22.7 Å². The van der Waals surface area contributed by atoms with Gasteiger partial charge in [-0.15, -0.1) is 0 Å². The van der Waals surface area contributed by atoms with Crippen molar-refractivity contribution in [1.82, 2.24) is 5.32 Å². The first-order valence-corrected chi connectivity index (χ1v) is 12.2. The van der Waals surface area contributed by atoms with Crippen molar-refractivity contribution in [2.24, 2.45) is 11.8 Å². The molecule has 0 spiro atoms. The molecule has 2 fully saturated rings. The van der Waals surface area contributed by atoms with Crippen LogP contribution in [0.25, 0.3) is 0 Å². The van der Waals surface area contributed by atoms with Gasteiger partial charge in [-0.3, -0.25) is 19.7 Å². The van der Waals surface area contributed by atoms with Gasteiger partial charge in [0.05, 0.1) is 24.6 Å². The molecule has 3 aliphatic rings. The lowest BCUT2D eigenvalue weighted by Gasteiger charge is -2.33. The molecule has 2 saturated heterocycles. The third-order valence-electron chi connectivity index (χ3n) is 7.67. The first-order chi connectivity index (χ1) is 17.9. The van der Waals surface area contributed by atoms with E-state index in [0.717, 1.165) is 16.7 Å². The molecular formula is C29H26N2O6. The van der Waals surface area contributed by atoms with E-state index < -0.39 is 35.3 Å². The molecule has 8 nitrogen and oxygen atoms in total. The van der Waals surface area contributed by atoms with Gasteiger partial charge < -0.3 is 14.2 Å². The predicted octanol–water partition coefficient (Wildman–Crippen LogP) is 3.33. The molecule has 37 heavy (non-hydrogen) atoms. The lowest BCUT2D eigenvalue weighted by atomic mass is 9.76. The molecule has 0 unspecified atom stereocenters. The van der Waals surface area contributed by atoms with E-state index >= 15 is 0 Å². The van der Waals surface area contributed by atoms with E-state index in [1.165, 1.54) is 12.0 Å². The zero-order valence-corrected chi connectivity index (χ0v) is 20.5. The molecule has 3 aromatic carbocycles. The fourth-order valence-electron chi connectivity index (χ4n) is 6.01. The summed E-state index contributed by atoms with van der Waals surface area (Å²) in [5.41, 5.74) is 1.62. The summed E-state index contributed by atoms with van der Waals surface area (Å²) in [6, 6.07) is 21.6. The number of nitrogens with one attached hydrogen (secondary N) is 1. The Morgan fingerprint density at radius 3 is 2.49 bits per heavy atom. The molecule has 0 bridgehead atoms. The molecule has 3 aliphatic heterocycles. The minimum absolute atomic E-state index is 0.0771. The van der Waals surface area contributed by atoms with Crippen LogP contribution >= 0.6 is 0 Å².